The third kappa shape index (κ3) is 4.32. The Morgan fingerprint density at radius 2 is 2.10 bits per heavy atom. The summed E-state index contributed by atoms with van der Waals surface area (Å²) in [4.78, 5) is -0.502. The maximum atomic E-state index is 14.2. The van der Waals surface area contributed by atoms with Crippen LogP contribution in [0.5, 0.6) is 0 Å². The van der Waals surface area contributed by atoms with E-state index in [9.17, 15) is 12.8 Å². The van der Waals surface area contributed by atoms with Crippen molar-refractivity contribution in [3.8, 4) is 0 Å². The standard InChI is InChI=1S/C13H19ClFNO3S2/c1-9(4-5-20-3)16(2)21(18,19)12-7-11(14)6-10(8-17)13(12)15/h6-7,9,17H,4-5,8H2,1-3H3. The first-order chi connectivity index (χ1) is 9.75. The van der Waals surface area contributed by atoms with Crippen molar-refractivity contribution >= 4 is 33.4 Å². The molecule has 0 bridgehead atoms. The van der Waals surface area contributed by atoms with Crippen molar-refractivity contribution in [3.05, 3.63) is 28.5 Å². The Labute approximate surface area is 134 Å². The maximum absolute atomic E-state index is 14.2. The Bertz CT molecular complexity index is 595. The monoisotopic (exact) mass is 355 g/mol. The maximum Gasteiger partial charge on any atom is 0.246 e. The number of halogens is 2. The van der Waals surface area contributed by atoms with Gasteiger partial charge in [0.2, 0.25) is 10.0 Å². The Balaban J connectivity index is 3.21. The van der Waals surface area contributed by atoms with E-state index in [1.807, 2.05) is 6.26 Å². The predicted molar refractivity (Wildman–Crippen MR) is 84.7 cm³/mol. The molecule has 4 nitrogen and oxygen atoms in total. The lowest BCUT2D eigenvalue weighted by Gasteiger charge is -2.24. The van der Waals surface area contributed by atoms with E-state index in [2.05, 4.69) is 0 Å². The molecular formula is C13H19ClFNO3S2. The van der Waals surface area contributed by atoms with Gasteiger partial charge in [0, 0.05) is 23.7 Å². The quantitative estimate of drug-likeness (QED) is 0.817. The first kappa shape index (κ1) is 18.7. The van der Waals surface area contributed by atoms with Crippen molar-refractivity contribution in [1.29, 1.82) is 0 Å². The number of hydrogen-bond donors (Lipinski definition) is 1. The van der Waals surface area contributed by atoms with Crippen molar-refractivity contribution in [2.45, 2.75) is 30.9 Å². The smallest absolute Gasteiger partial charge is 0.246 e. The highest BCUT2D eigenvalue weighted by Crippen LogP contribution is 2.27. The van der Waals surface area contributed by atoms with E-state index < -0.39 is 27.3 Å². The molecule has 1 atom stereocenters. The number of benzene rings is 1. The van der Waals surface area contributed by atoms with Crippen LogP contribution in [0, 0.1) is 5.82 Å². The van der Waals surface area contributed by atoms with Gasteiger partial charge in [-0.3, -0.25) is 0 Å². The fourth-order valence-electron chi connectivity index (χ4n) is 1.78. The van der Waals surface area contributed by atoms with Gasteiger partial charge >= 0.3 is 0 Å². The van der Waals surface area contributed by atoms with Crippen LogP contribution in [0.25, 0.3) is 0 Å². The largest absolute Gasteiger partial charge is 0.392 e. The third-order valence-electron chi connectivity index (χ3n) is 3.27. The van der Waals surface area contributed by atoms with Crippen molar-refractivity contribution < 1.29 is 17.9 Å². The molecule has 1 N–H and O–H groups in total. The van der Waals surface area contributed by atoms with Gasteiger partial charge < -0.3 is 5.11 Å². The van der Waals surface area contributed by atoms with E-state index >= 15 is 0 Å². The van der Waals surface area contributed by atoms with Crippen LogP contribution in [-0.2, 0) is 16.6 Å². The normalized spacial score (nSPS) is 13.7. The van der Waals surface area contributed by atoms with Crippen LogP contribution in [-0.4, -0.2) is 42.9 Å². The summed E-state index contributed by atoms with van der Waals surface area (Å²) in [5.41, 5.74) is -0.133. The zero-order valence-corrected chi connectivity index (χ0v) is 14.5. The number of sulfonamides is 1. The molecule has 0 radical (unpaired) electrons. The highest BCUT2D eigenvalue weighted by molar-refractivity contribution is 7.98. The highest BCUT2D eigenvalue weighted by atomic mass is 35.5. The average Bonchev–Trinajstić information content (AvgIpc) is 2.45. The summed E-state index contributed by atoms with van der Waals surface area (Å²) >= 11 is 7.43. The number of aliphatic hydroxyl groups excluding tert-OH is 1. The van der Waals surface area contributed by atoms with Crippen LogP contribution in [0.4, 0.5) is 4.39 Å². The summed E-state index contributed by atoms with van der Waals surface area (Å²) in [5, 5.41) is 9.16. The summed E-state index contributed by atoms with van der Waals surface area (Å²) in [5.74, 6) is -0.146. The van der Waals surface area contributed by atoms with Gasteiger partial charge in [0.05, 0.1) is 6.61 Å². The number of rotatable bonds is 7. The zero-order valence-electron chi connectivity index (χ0n) is 12.1. The summed E-state index contributed by atoms with van der Waals surface area (Å²) in [6.07, 6.45) is 2.59. The van der Waals surface area contributed by atoms with E-state index in [-0.39, 0.29) is 16.6 Å². The second kappa shape index (κ2) is 7.78. The Kier molecular flexibility index (Phi) is 6.93. The molecule has 1 aromatic carbocycles. The van der Waals surface area contributed by atoms with E-state index in [1.165, 1.54) is 13.1 Å². The van der Waals surface area contributed by atoms with Crippen molar-refractivity contribution in [1.82, 2.24) is 4.31 Å². The molecule has 1 rings (SSSR count). The molecule has 0 aliphatic rings. The molecule has 120 valence electrons. The molecule has 21 heavy (non-hydrogen) atoms. The number of thioether (sulfide) groups is 1. The summed E-state index contributed by atoms with van der Waals surface area (Å²) in [6.45, 7) is 1.16. The van der Waals surface area contributed by atoms with Gasteiger partial charge in [0.1, 0.15) is 10.7 Å². The molecule has 0 heterocycles. The summed E-state index contributed by atoms with van der Waals surface area (Å²) < 4.78 is 40.4. The molecule has 0 aliphatic heterocycles. The second-order valence-electron chi connectivity index (χ2n) is 4.69. The Hall–Kier alpha value is -0.340. The second-order valence-corrected chi connectivity index (χ2v) is 8.07. The summed E-state index contributed by atoms with van der Waals surface area (Å²) in [6, 6.07) is 2.02. The van der Waals surface area contributed by atoms with Crippen LogP contribution in [0.2, 0.25) is 5.02 Å². The first-order valence-electron chi connectivity index (χ1n) is 6.31. The van der Waals surface area contributed by atoms with Crippen LogP contribution in [0.3, 0.4) is 0 Å². The molecule has 8 heteroatoms. The van der Waals surface area contributed by atoms with Gasteiger partial charge in [-0.2, -0.15) is 16.1 Å². The van der Waals surface area contributed by atoms with Gasteiger partial charge in [0.15, 0.2) is 0 Å². The van der Waals surface area contributed by atoms with Gasteiger partial charge in [-0.15, -0.1) is 0 Å². The lowest BCUT2D eigenvalue weighted by molar-refractivity contribution is 0.274. The molecule has 0 aliphatic carbocycles. The van der Waals surface area contributed by atoms with E-state index in [0.717, 1.165) is 16.1 Å². The van der Waals surface area contributed by atoms with E-state index in [1.54, 1.807) is 18.7 Å². The topological polar surface area (TPSA) is 57.6 Å². The average molecular weight is 356 g/mol. The highest BCUT2D eigenvalue weighted by Gasteiger charge is 2.29. The first-order valence-corrected chi connectivity index (χ1v) is 9.52. The number of hydrogen-bond acceptors (Lipinski definition) is 4. The zero-order chi connectivity index (χ0) is 16.2. The van der Waals surface area contributed by atoms with Gasteiger partial charge in [0.25, 0.3) is 0 Å². The van der Waals surface area contributed by atoms with Crippen molar-refractivity contribution in [2.24, 2.45) is 0 Å². The fraction of sp³-hybridized carbons (Fsp3) is 0.538. The molecule has 0 spiro atoms. The van der Waals surface area contributed by atoms with Crippen molar-refractivity contribution in [2.75, 3.05) is 19.1 Å². The molecule has 1 unspecified atom stereocenters. The van der Waals surface area contributed by atoms with Crippen LogP contribution >= 0.6 is 23.4 Å². The Morgan fingerprint density at radius 1 is 1.48 bits per heavy atom. The Morgan fingerprint density at radius 3 is 2.62 bits per heavy atom. The number of aliphatic hydroxyl groups is 1. The predicted octanol–water partition coefficient (Wildman–Crippen LogP) is 2.73. The number of nitrogens with zero attached hydrogens (tertiary/aromatic N) is 1. The van der Waals surface area contributed by atoms with Gasteiger partial charge in [-0.1, -0.05) is 11.6 Å². The minimum absolute atomic E-state index is 0.0733. The molecule has 1 aromatic rings. The molecular weight excluding hydrogens is 337 g/mol. The molecule has 0 fully saturated rings. The molecule has 0 saturated heterocycles. The molecule has 0 amide bonds. The summed E-state index contributed by atoms with van der Waals surface area (Å²) in [7, 11) is -2.58. The van der Waals surface area contributed by atoms with Crippen molar-refractivity contribution in [3.63, 3.8) is 0 Å². The van der Waals surface area contributed by atoms with E-state index in [4.69, 9.17) is 16.7 Å². The minimum atomic E-state index is -4.00. The SMILES string of the molecule is CSCCC(C)N(C)S(=O)(=O)c1cc(Cl)cc(CO)c1F. The van der Waals surface area contributed by atoms with Gasteiger partial charge in [-0.25, -0.2) is 12.8 Å². The van der Waals surface area contributed by atoms with Gasteiger partial charge in [-0.05, 0) is 37.5 Å². The lowest BCUT2D eigenvalue weighted by Crippen LogP contribution is -2.36. The van der Waals surface area contributed by atoms with Crippen LogP contribution in [0.1, 0.15) is 18.9 Å². The van der Waals surface area contributed by atoms with Crippen LogP contribution in [0.15, 0.2) is 17.0 Å². The fourth-order valence-corrected chi connectivity index (χ4v) is 4.19. The molecule has 0 saturated carbocycles. The lowest BCUT2D eigenvalue weighted by atomic mass is 10.2. The van der Waals surface area contributed by atoms with Crippen LogP contribution < -0.4 is 0 Å². The third-order valence-corrected chi connectivity index (χ3v) is 6.10. The molecule has 0 aromatic heterocycles. The minimum Gasteiger partial charge on any atom is -0.392 e. The van der Waals surface area contributed by atoms with E-state index in [0.29, 0.717) is 6.42 Å².